The highest BCUT2D eigenvalue weighted by Gasteiger charge is 2.60. The standard InChI is InChI=1S/C29H34F2N5O9P/c1-18(25(38)42-15-20-9-5-3-6-10-20)34-46(41,35-19(2)26(39)43-16-21-11-7-4-8-12-21)44-17-22-24(37)29(30,31)27(45-22)36-14-13-23(32)33-28(36)40/h3-14,18-19,22,24,27,37H,15-17H2,1-2H3,(H2,32,33,40)(H2,34,35,41)/t18-,19-,22+,24+,27+/m0/s1. The zero-order valence-electron chi connectivity index (χ0n) is 24.8. The molecule has 0 spiro atoms. The van der Waals surface area contributed by atoms with E-state index in [1.54, 1.807) is 60.7 Å². The van der Waals surface area contributed by atoms with Crippen LogP contribution in [0.5, 0.6) is 0 Å². The van der Waals surface area contributed by atoms with Crippen molar-refractivity contribution >= 4 is 25.4 Å². The summed E-state index contributed by atoms with van der Waals surface area (Å²) in [7, 11) is -4.49. The number of esters is 2. The first-order valence-electron chi connectivity index (χ1n) is 14.1. The second-order valence-corrected chi connectivity index (χ2v) is 12.3. The molecule has 0 aliphatic carbocycles. The number of nitrogens with one attached hydrogen (secondary N) is 2. The number of aliphatic hydroxyl groups excluding tert-OH is 1. The number of hydrogen-bond acceptors (Lipinski definition) is 11. The van der Waals surface area contributed by atoms with Crippen LogP contribution in [0.2, 0.25) is 0 Å². The molecule has 1 fully saturated rings. The van der Waals surface area contributed by atoms with E-state index in [4.69, 9.17) is 24.5 Å². The molecule has 1 saturated heterocycles. The Morgan fingerprint density at radius 3 is 1.98 bits per heavy atom. The number of halogens is 2. The summed E-state index contributed by atoms with van der Waals surface area (Å²) in [6.45, 7) is 1.51. The van der Waals surface area contributed by atoms with Crippen molar-refractivity contribution in [1.29, 1.82) is 0 Å². The summed E-state index contributed by atoms with van der Waals surface area (Å²) in [6, 6.07) is 16.0. The SMILES string of the molecule is C[C@H](NP(=O)(N[C@@H](C)C(=O)OCc1ccccc1)OC[C@H]1O[C@@H](n2ccc(N)nc2=O)C(F)(F)[C@@H]1O)C(=O)OCc1ccccc1. The molecule has 0 radical (unpaired) electrons. The minimum atomic E-state index is -4.49. The molecule has 0 amide bonds. The Labute approximate surface area is 262 Å². The molecule has 2 heterocycles. The number of nitrogens with zero attached hydrogens (tertiary/aromatic N) is 2. The molecule has 5 atom stereocenters. The number of rotatable bonds is 14. The van der Waals surface area contributed by atoms with Gasteiger partial charge in [0.05, 0.1) is 6.61 Å². The first-order valence-corrected chi connectivity index (χ1v) is 15.7. The summed E-state index contributed by atoms with van der Waals surface area (Å²) >= 11 is 0. The summed E-state index contributed by atoms with van der Waals surface area (Å²) in [5.41, 5.74) is 5.65. The van der Waals surface area contributed by atoms with Crippen LogP contribution in [0.4, 0.5) is 14.6 Å². The van der Waals surface area contributed by atoms with Gasteiger partial charge in [-0.3, -0.25) is 18.7 Å². The lowest BCUT2D eigenvalue weighted by Gasteiger charge is -2.27. The molecule has 5 N–H and O–H groups in total. The molecule has 0 bridgehead atoms. The molecule has 14 nitrogen and oxygen atoms in total. The highest BCUT2D eigenvalue weighted by molar-refractivity contribution is 7.54. The monoisotopic (exact) mass is 665 g/mol. The van der Waals surface area contributed by atoms with E-state index < -0.39 is 68.3 Å². The van der Waals surface area contributed by atoms with Crippen LogP contribution in [0.1, 0.15) is 31.2 Å². The first kappa shape index (κ1) is 34.8. The number of ether oxygens (including phenoxy) is 3. The summed E-state index contributed by atoms with van der Waals surface area (Å²) in [4.78, 5) is 41.1. The fourth-order valence-electron chi connectivity index (χ4n) is 4.32. The van der Waals surface area contributed by atoms with Crippen LogP contribution in [-0.4, -0.2) is 63.4 Å². The molecule has 4 rings (SSSR count). The molecule has 2 aromatic carbocycles. The molecule has 1 aliphatic rings. The van der Waals surface area contributed by atoms with Crippen molar-refractivity contribution in [2.45, 2.75) is 63.5 Å². The average molecular weight is 666 g/mol. The van der Waals surface area contributed by atoms with Crippen molar-refractivity contribution in [3.63, 3.8) is 0 Å². The number of hydrogen-bond donors (Lipinski definition) is 4. The minimum Gasteiger partial charge on any atom is -0.460 e. The summed E-state index contributed by atoms with van der Waals surface area (Å²) < 4.78 is 65.8. The number of carbonyl (C=O) groups excluding carboxylic acids is 2. The van der Waals surface area contributed by atoms with Gasteiger partial charge in [0, 0.05) is 6.20 Å². The van der Waals surface area contributed by atoms with Gasteiger partial charge in [-0.1, -0.05) is 60.7 Å². The van der Waals surface area contributed by atoms with Gasteiger partial charge in [-0.2, -0.15) is 13.8 Å². The number of aliphatic hydroxyl groups is 1. The van der Waals surface area contributed by atoms with Crippen LogP contribution in [0.25, 0.3) is 0 Å². The van der Waals surface area contributed by atoms with Crippen molar-refractivity contribution in [2.24, 2.45) is 0 Å². The predicted molar refractivity (Wildman–Crippen MR) is 159 cm³/mol. The topological polar surface area (TPSA) is 193 Å². The Morgan fingerprint density at radius 1 is 1.00 bits per heavy atom. The highest BCUT2D eigenvalue weighted by Crippen LogP contribution is 2.45. The van der Waals surface area contributed by atoms with Gasteiger partial charge < -0.3 is 29.6 Å². The van der Waals surface area contributed by atoms with E-state index in [-0.39, 0.29) is 19.0 Å². The van der Waals surface area contributed by atoms with Crippen LogP contribution >= 0.6 is 7.67 Å². The van der Waals surface area contributed by atoms with Gasteiger partial charge >= 0.3 is 31.2 Å². The van der Waals surface area contributed by atoms with Crippen LogP contribution in [0.3, 0.4) is 0 Å². The van der Waals surface area contributed by atoms with Crippen molar-refractivity contribution in [3.05, 3.63) is 94.5 Å². The summed E-state index contributed by atoms with van der Waals surface area (Å²) in [5, 5.41) is 15.3. The summed E-state index contributed by atoms with van der Waals surface area (Å²) in [5.74, 6) is -5.90. The lowest BCUT2D eigenvalue weighted by Crippen LogP contribution is -2.44. The van der Waals surface area contributed by atoms with Crippen molar-refractivity contribution in [3.8, 4) is 0 Å². The third-order valence-electron chi connectivity index (χ3n) is 6.79. The van der Waals surface area contributed by atoms with Crippen LogP contribution in [0, 0.1) is 0 Å². The number of aromatic nitrogens is 2. The Balaban J connectivity index is 1.47. The number of anilines is 1. The van der Waals surface area contributed by atoms with Gasteiger partial charge in [-0.25, -0.2) is 15.0 Å². The van der Waals surface area contributed by atoms with E-state index in [1.807, 2.05) is 0 Å². The fraction of sp³-hybridized carbons (Fsp3) is 0.379. The maximum atomic E-state index is 15.0. The van der Waals surface area contributed by atoms with Gasteiger partial charge in [0.2, 0.25) is 6.23 Å². The number of nitrogens with two attached hydrogens (primary N) is 1. The Bertz CT molecular complexity index is 1530. The number of carbonyl (C=O) groups is 2. The van der Waals surface area contributed by atoms with Gasteiger partial charge in [-0.05, 0) is 31.0 Å². The zero-order chi connectivity index (χ0) is 33.5. The molecular weight excluding hydrogens is 631 g/mol. The molecule has 248 valence electrons. The average Bonchev–Trinajstić information content (AvgIpc) is 3.25. The van der Waals surface area contributed by atoms with E-state index >= 15 is 8.78 Å². The van der Waals surface area contributed by atoms with E-state index in [0.717, 1.165) is 12.3 Å². The Kier molecular flexibility index (Phi) is 11.4. The molecule has 17 heteroatoms. The van der Waals surface area contributed by atoms with Crippen molar-refractivity contribution in [2.75, 3.05) is 12.3 Å². The maximum absolute atomic E-state index is 15.0. The van der Waals surface area contributed by atoms with Gasteiger partial charge in [-0.15, -0.1) is 0 Å². The zero-order valence-corrected chi connectivity index (χ0v) is 25.7. The second kappa shape index (κ2) is 15.0. The minimum absolute atomic E-state index is 0.0928. The molecule has 46 heavy (non-hydrogen) atoms. The summed E-state index contributed by atoms with van der Waals surface area (Å²) in [6.07, 6.45) is -5.70. The van der Waals surface area contributed by atoms with Crippen LogP contribution in [0.15, 0.2) is 77.7 Å². The van der Waals surface area contributed by atoms with Crippen molar-refractivity contribution < 1.29 is 46.8 Å². The largest absolute Gasteiger partial charge is 0.460 e. The maximum Gasteiger partial charge on any atom is 0.351 e. The number of alkyl halides is 2. The third-order valence-corrected chi connectivity index (χ3v) is 8.75. The fourth-order valence-corrected chi connectivity index (χ4v) is 6.13. The lowest BCUT2D eigenvalue weighted by atomic mass is 10.1. The molecule has 1 aliphatic heterocycles. The molecule has 0 unspecified atom stereocenters. The van der Waals surface area contributed by atoms with E-state index in [1.165, 1.54) is 13.8 Å². The number of benzene rings is 2. The third kappa shape index (κ3) is 8.81. The van der Waals surface area contributed by atoms with Gasteiger partial charge in [0.25, 0.3) is 0 Å². The predicted octanol–water partition coefficient (Wildman–Crippen LogP) is 2.29. The van der Waals surface area contributed by atoms with E-state index in [2.05, 4.69) is 15.2 Å². The smallest absolute Gasteiger partial charge is 0.351 e. The van der Waals surface area contributed by atoms with Gasteiger partial charge in [0.1, 0.15) is 37.2 Å². The highest BCUT2D eigenvalue weighted by atomic mass is 31.2. The molecule has 1 aromatic heterocycles. The first-order chi connectivity index (χ1) is 21.8. The molecule has 0 saturated carbocycles. The van der Waals surface area contributed by atoms with E-state index in [0.29, 0.717) is 15.7 Å². The molecular formula is C29H34F2N5O9P. The van der Waals surface area contributed by atoms with Crippen molar-refractivity contribution in [1.82, 2.24) is 19.7 Å². The van der Waals surface area contributed by atoms with Gasteiger partial charge in [0.15, 0.2) is 6.10 Å². The second-order valence-electron chi connectivity index (χ2n) is 10.4. The quantitative estimate of drug-likeness (QED) is 0.145. The van der Waals surface area contributed by atoms with E-state index in [9.17, 15) is 24.1 Å². The Morgan fingerprint density at radius 2 is 1.50 bits per heavy atom. The molecule has 3 aromatic rings. The lowest BCUT2D eigenvalue weighted by molar-refractivity contribution is -0.147. The van der Waals surface area contributed by atoms with Crippen LogP contribution < -0.4 is 21.6 Å². The number of nitrogen functional groups attached to an aromatic ring is 1. The van der Waals surface area contributed by atoms with Crippen LogP contribution in [-0.2, 0) is 46.1 Å². The normalized spacial score (nSPS) is 20.5. The Hall–Kier alpha value is -4.05.